The van der Waals surface area contributed by atoms with Crippen LogP contribution in [0.15, 0.2) is 24.3 Å². The molecule has 118 valence electrons. The van der Waals surface area contributed by atoms with Gasteiger partial charge in [0.1, 0.15) is 0 Å². The first kappa shape index (κ1) is 16.7. The third kappa shape index (κ3) is 4.15. The first-order chi connectivity index (χ1) is 10.2. The van der Waals surface area contributed by atoms with E-state index in [1.165, 1.54) is 11.1 Å². The molecule has 21 heavy (non-hydrogen) atoms. The number of nitrogens with one attached hydrogen (secondary N) is 1. The van der Waals surface area contributed by atoms with E-state index in [0.29, 0.717) is 0 Å². The van der Waals surface area contributed by atoms with Gasteiger partial charge in [0.15, 0.2) is 0 Å². The molecule has 0 aromatic heterocycles. The van der Waals surface area contributed by atoms with Crippen molar-refractivity contribution < 1.29 is 8.95 Å². The van der Waals surface area contributed by atoms with Crippen molar-refractivity contribution in [3.8, 4) is 0 Å². The number of benzene rings is 1. The highest BCUT2D eigenvalue weighted by Crippen LogP contribution is 2.25. The van der Waals surface area contributed by atoms with Crippen LogP contribution in [-0.2, 0) is 22.0 Å². The molecule has 0 radical (unpaired) electrons. The standard InChI is InChI=1S/C17H27NO2S/c1-4-14-5-7-15(8-6-14)17(18-3)13(2)21(19)16-9-11-20-12-10-16/h5-8,13,16-18H,4,9-12H2,1-3H3. The van der Waals surface area contributed by atoms with Crippen molar-refractivity contribution in [1.82, 2.24) is 5.32 Å². The molecule has 1 N–H and O–H groups in total. The van der Waals surface area contributed by atoms with Gasteiger partial charge in [-0.1, -0.05) is 31.2 Å². The van der Waals surface area contributed by atoms with Crippen LogP contribution in [0, 0.1) is 0 Å². The average Bonchev–Trinajstić information content (AvgIpc) is 2.56. The fourth-order valence-electron chi connectivity index (χ4n) is 2.98. The molecule has 3 nitrogen and oxygen atoms in total. The molecule has 0 amide bonds. The maximum atomic E-state index is 12.8. The molecule has 0 bridgehead atoms. The molecule has 0 aliphatic carbocycles. The van der Waals surface area contributed by atoms with E-state index in [2.05, 4.69) is 43.4 Å². The number of rotatable bonds is 6. The summed E-state index contributed by atoms with van der Waals surface area (Å²) in [5.41, 5.74) is 2.56. The van der Waals surface area contributed by atoms with Crippen molar-refractivity contribution in [2.45, 2.75) is 49.7 Å². The zero-order valence-electron chi connectivity index (χ0n) is 13.3. The third-order valence-electron chi connectivity index (χ3n) is 4.39. The van der Waals surface area contributed by atoms with Gasteiger partial charge in [-0.3, -0.25) is 4.21 Å². The topological polar surface area (TPSA) is 38.3 Å². The summed E-state index contributed by atoms with van der Waals surface area (Å²) in [6.45, 7) is 5.75. The second-order valence-electron chi connectivity index (χ2n) is 5.71. The minimum Gasteiger partial charge on any atom is -0.381 e. The average molecular weight is 309 g/mol. The molecule has 3 atom stereocenters. The Balaban J connectivity index is 2.09. The molecular weight excluding hydrogens is 282 g/mol. The molecule has 1 saturated heterocycles. The maximum Gasteiger partial charge on any atom is 0.0517 e. The molecule has 0 saturated carbocycles. The summed E-state index contributed by atoms with van der Waals surface area (Å²) in [7, 11) is 1.12. The second kappa shape index (κ2) is 8.06. The van der Waals surface area contributed by atoms with E-state index in [9.17, 15) is 4.21 Å². The van der Waals surface area contributed by atoms with Gasteiger partial charge >= 0.3 is 0 Å². The largest absolute Gasteiger partial charge is 0.381 e. The minimum atomic E-state index is -0.831. The highest BCUT2D eigenvalue weighted by atomic mass is 32.2. The zero-order valence-corrected chi connectivity index (χ0v) is 14.1. The fourth-order valence-corrected chi connectivity index (χ4v) is 4.80. The van der Waals surface area contributed by atoms with Crippen LogP contribution in [0.4, 0.5) is 0 Å². The van der Waals surface area contributed by atoms with Gasteiger partial charge in [0, 0.05) is 35.3 Å². The van der Waals surface area contributed by atoms with E-state index in [1.54, 1.807) is 0 Å². The Hall–Kier alpha value is -0.710. The van der Waals surface area contributed by atoms with Crippen LogP contribution in [0.25, 0.3) is 0 Å². The molecule has 4 heteroatoms. The van der Waals surface area contributed by atoms with Crippen LogP contribution in [0.2, 0.25) is 0 Å². The lowest BCUT2D eigenvalue weighted by Crippen LogP contribution is -2.37. The Labute approximate surface area is 130 Å². The van der Waals surface area contributed by atoms with Gasteiger partial charge in [-0.05, 0) is 44.4 Å². The second-order valence-corrected chi connectivity index (χ2v) is 7.77. The quantitative estimate of drug-likeness (QED) is 0.878. The van der Waals surface area contributed by atoms with Crippen LogP contribution in [0.1, 0.15) is 43.9 Å². The van der Waals surface area contributed by atoms with Crippen molar-refractivity contribution in [2.75, 3.05) is 20.3 Å². The van der Waals surface area contributed by atoms with Gasteiger partial charge in [0.05, 0.1) is 5.25 Å². The van der Waals surface area contributed by atoms with Crippen molar-refractivity contribution in [3.05, 3.63) is 35.4 Å². The van der Waals surface area contributed by atoms with Gasteiger partial charge in [0.25, 0.3) is 0 Å². The Morgan fingerprint density at radius 2 is 1.90 bits per heavy atom. The summed E-state index contributed by atoms with van der Waals surface area (Å²) in [6.07, 6.45) is 2.89. The Morgan fingerprint density at radius 1 is 1.29 bits per heavy atom. The fraction of sp³-hybridized carbons (Fsp3) is 0.647. The number of aryl methyl sites for hydroxylation is 1. The van der Waals surface area contributed by atoms with Gasteiger partial charge in [0.2, 0.25) is 0 Å². The van der Waals surface area contributed by atoms with Gasteiger partial charge in [-0.15, -0.1) is 0 Å². The van der Waals surface area contributed by atoms with Crippen LogP contribution in [0.5, 0.6) is 0 Å². The van der Waals surface area contributed by atoms with E-state index >= 15 is 0 Å². The maximum absolute atomic E-state index is 12.8. The van der Waals surface area contributed by atoms with E-state index in [0.717, 1.165) is 32.5 Å². The summed E-state index contributed by atoms with van der Waals surface area (Å²) >= 11 is 0. The van der Waals surface area contributed by atoms with E-state index in [1.807, 2.05) is 7.05 Å². The van der Waals surface area contributed by atoms with Crippen LogP contribution in [0.3, 0.4) is 0 Å². The third-order valence-corrected chi connectivity index (χ3v) is 6.52. The Kier molecular flexibility index (Phi) is 6.40. The molecule has 1 fully saturated rings. The molecule has 1 aromatic carbocycles. The van der Waals surface area contributed by atoms with E-state index < -0.39 is 10.8 Å². The SMILES string of the molecule is CCc1ccc(C(NC)C(C)S(=O)C2CCOCC2)cc1. The van der Waals surface area contributed by atoms with Crippen LogP contribution < -0.4 is 5.32 Å². The normalized spacial score (nSPS) is 20.9. The molecule has 1 aromatic rings. The van der Waals surface area contributed by atoms with E-state index in [-0.39, 0.29) is 16.5 Å². The number of hydrogen-bond donors (Lipinski definition) is 1. The Morgan fingerprint density at radius 3 is 2.43 bits per heavy atom. The highest BCUT2D eigenvalue weighted by molar-refractivity contribution is 7.86. The van der Waals surface area contributed by atoms with Crippen molar-refractivity contribution in [1.29, 1.82) is 0 Å². The lowest BCUT2D eigenvalue weighted by Gasteiger charge is -2.29. The minimum absolute atomic E-state index is 0.102. The van der Waals surface area contributed by atoms with Gasteiger partial charge in [-0.2, -0.15) is 0 Å². The zero-order chi connectivity index (χ0) is 15.2. The van der Waals surface area contributed by atoms with Crippen molar-refractivity contribution in [2.24, 2.45) is 0 Å². The molecule has 2 rings (SSSR count). The lowest BCUT2D eigenvalue weighted by molar-refractivity contribution is 0.0990. The molecule has 3 unspecified atom stereocenters. The Bertz CT molecular complexity index is 454. The summed E-state index contributed by atoms with van der Waals surface area (Å²) in [6, 6.07) is 8.81. The highest BCUT2D eigenvalue weighted by Gasteiger charge is 2.29. The summed E-state index contributed by atoms with van der Waals surface area (Å²) < 4.78 is 18.2. The molecule has 1 aliphatic heterocycles. The molecule has 0 spiro atoms. The first-order valence-electron chi connectivity index (χ1n) is 7.90. The van der Waals surface area contributed by atoms with E-state index in [4.69, 9.17) is 4.74 Å². The first-order valence-corrected chi connectivity index (χ1v) is 9.18. The van der Waals surface area contributed by atoms with Crippen LogP contribution in [-0.4, -0.2) is 35.0 Å². The van der Waals surface area contributed by atoms with Crippen LogP contribution >= 0.6 is 0 Å². The predicted octanol–water partition coefficient (Wildman–Crippen LogP) is 2.83. The predicted molar refractivity (Wildman–Crippen MR) is 89.1 cm³/mol. The van der Waals surface area contributed by atoms with Gasteiger partial charge in [-0.25, -0.2) is 0 Å². The summed E-state index contributed by atoms with van der Waals surface area (Å²) in [5, 5.41) is 3.73. The molecular formula is C17H27NO2S. The van der Waals surface area contributed by atoms with Crippen molar-refractivity contribution in [3.63, 3.8) is 0 Å². The lowest BCUT2D eigenvalue weighted by atomic mass is 10.0. The van der Waals surface area contributed by atoms with Gasteiger partial charge < -0.3 is 10.1 Å². The van der Waals surface area contributed by atoms with Crippen molar-refractivity contribution >= 4 is 10.8 Å². The monoisotopic (exact) mass is 309 g/mol. The number of ether oxygens (including phenoxy) is 1. The summed E-state index contributed by atoms with van der Waals surface area (Å²) in [5.74, 6) is 0. The smallest absolute Gasteiger partial charge is 0.0517 e. The number of hydrogen-bond acceptors (Lipinski definition) is 3. The molecule has 1 heterocycles. The molecule has 1 aliphatic rings. The summed E-state index contributed by atoms with van der Waals surface area (Å²) in [4.78, 5) is 0.